The molecule has 0 N–H and O–H groups in total. The van der Waals surface area contributed by atoms with Crippen LogP contribution in [0.5, 0.6) is 0 Å². The summed E-state index contributed by atoms with van der Waals surface area (Å²) < 4.78 is 0. The third-order valence-electron chi connectivity index (χ3n) is 2.76. The number of hydrogen-bond donors (Lipinski definition) is 0. The van der Waals surface area contributed by atoms with Crippen molar-refractivity contribution in [3.63, 3.8) is 0 Å². The Labute approximate surface area is 119 Å². The number of hydroxylamine groups is 2. The van der Waals surface area contributed by atoms with Crippen molar-refractivity contribution in [2.75, 3.05) is 7.05 Å². The van der Waals surface area contributed by atoms with E-state index in [0.717, 1.165) is 5.06 Å². The second-order valence-corrected chi connectivity index (χ2v) is 4.89. The molecule has 0 saturated carbocycles. The van der Waals surface area contributed by atoms with E-state index in [1.165, 1.54) is 7.05 Å². The lowest BCUT2D eigenvalue weighted by Gasteiger charge is -2.15. The zero-order valence-corrected chi connectivity index (χ0v) is 12.4. The van der Waals surface area contributed by atoms with Crippen LogP contribution in [0.1, 0.15) is 52.4 Å². The molecular weight excluding hydrogens is 262 g/mol. The smallest absolute Gasteiger partial charge is 0.332 e. The maximum atomic E-state index is 11.4. The molecule has 0 aromatic carbocycles. The Morgan fingerprint density at radius 1 is 1.10 bits per heavy atom. The minimum absolute atomic E-state index is 0.0172. The Morgan fingerprint density at radius 2 is 1.70 bits per heavy atom. The maximum absolute atomic E-state index is 11.4. The van der Waals surface area contributed by atoms with Gasteiger partial charge in [0.05, 0.1) is 0 Å². The largest absolute Gasteiger partial charge is 0.338 e. The van der Waals surface area contributed by atoms with Crippen molar-refractivity contribution >= 4 is 23.9 Å². The van der Waals surface area contributed by atoms with Crippen molar-refractivity contribution in [3.05, 3.63) is 0 Å². The molecule has 0 aromatic rings. The Morgan fingerprint density at radius 3 is 2.25 bits per heavy atom. The number of carbonyl (C=O) groups excluding carboxylic acids is 4. The van der Waals surface area contributed by atoms with E-state index in [9.17, 15) is 19.2 Å². The molecule has 20 heavy (non-hydrogen) atoms. The van der Waals surface area contributed by atoms with Crippen LogP contribution < -0.4 is 0 Å². The highest BCUT2D eigenvalue weighted by molar-refractivity contribution is 5.80. The van der Waals surface area contributed by atoms with Gasteiger partial charge in [-0.15, -0.1) is 0 Å². The number of unbranched alkanes of at least 4 members (excludes halogenated alkanes) is 1. The summed E-state index contributed by atoms with van der Waals surface area (Å²) in [6.07, 6.45) is 2.58. The number of hydrogen-bond acceptors (Lipinski definition) is 5. The van der Waals surface area contributed by atoms with Gasteiger partial charge in [0.15, 0.2) is 0 Å². The minimum atomic E-state index is -0.510. The van der Waals surface area contributed by atoms with Crippen molar-refractivity contribution in [3.8, 4) is 0 Å². The van der Waals surface area contributed by atoms with Crippen LogP contribution in [0.15, 0.2) is 0 Å². The zero-order chi connectivity index (χ0) is 15.5. The SMILES string of the molecule is CC(C)C(=O)CCCCC(=O)ON(C)C(=O)CCC=O. The van der Waals surface area contributed by atoms with Gasteiger partial charge in [-0.25, -0.2) is 4.79 Å². The molecule has 0 aliphatic rings. The van der Waals surface area contributed by atoms with Crippen LogP contribution in [-0.4, -0.2) is 36.1 Å². The summed E-state index contributed by atoms with van der Waals surface area (Å²) in [4.78, 5) is 49.1. The predicted octanol–water partition coefficient (Wildman–Crippen LogP) is 1.67. The Kier molecular flexibility index (Phi) is 9.24. The van der Waals surface area contributed by atoms with Crippen LogP contribution in [0.2, 0.25) is 0 Å². The van der Waals surface area contributed by atoms with E-state index in [-0.39, 0.29) is 31.0 Å². The number of rotatable bonds is 9. The fourth-order valence-corrected chi connectivity index (χ4v) is 1.45. The third-order valence-corrected chi connectivity index (χ3v) is 2.76. The molecule has 114 valence electrons. The van der Waals surface area contributed by atoms with Gasteiger partial charge >= 0.3 is 5.97 Å². The van der Waals surface area contributed by atoms with Gasteiger partial charge in [0, 0.05) is 38.6 Å². The lowest BCUT2D eigenvalue weighted by molar-refractivity contribution is -0.192. The average molecular weight is 285 g/mol. The minimum Gasteiger partial charge on any atom is -0.338 e. The molecule has 0 bridgehead atoms. The fourth-order valence-electron chi connectivity index (χ4n) is 1.45. The number of aldehydes is 1. The van der Waals surface area contributed by atoms with Crippen molar-refractivity contribution in [1.29, 1.82) is 0 Å². The van der Waals surface area contributed by atoms with E-state index in [1.807, 2.05) is 13.8 Å². The van der Waals surface area contributed by atoms with Gasteiger partial charge < -0.3 is 9.63 Å². The first-order chi connectivity index (χ1) is 9.38. The van der Waals surface area contributed by atoms with Crippen molar-refractivity contribution in [1.82, 2.24) is 5.06 Å². The molecule has 0 rings (SSSR count). The molecule has 0 radical (unpaired) electrons. The first-order valence-corrected chi connectivity index (χ1v) is 6.82. The van der Waals surface area contributed by atoms with Crippen LogP contribution in [-0.2, 0) is 24.0 Å². The van der Waals surface area contributed by atoms with Gasteiger partial charge in [0.1, 0.15) is 12.1 Å². The summed E-state index contributed by atoms with van der Waals surface area (Å²) in [5.74, 6) is -0.729. The van der Waals surface area contributed by atoms with Gasteiger partial charge in [0.25, 0.3) is 5.91 Å². The fraction of sp³-hybridized carbons (Fsp3) is 0.714. The van der Waals surface area contributed by atoms with E-state index in [0.29, 0.717) is 25.5 Å². The van der Waals surface area contributed by atoms with Crippen molar-refractivity contribution < 1.29 is 24.0 Å². The first kappa shape index (κ1) is 18.3. The van der Waals surface area contributed by atoms with Gasteiger partial charge in [0.2, 0.25) is 0 Å². The number of Topliss-reactive ketones (excluding diaryl/α,β-unsaturated/α-hetero) is 1. The first-order valence-electron chi connectivity index (χ1n) is 6.82. The molecule has 0 unspecified atom stereocenters. The van der Waals surface area contributed by atoms with Gasteiger partial charge in [-0.3, -0.25) is 9.59 Å². The summed E-state index contributed by atoms with van der Waals surface area (Å²) >= 11 is 0. The molecule has 1 amide bonds. The zero-order valence-electron chi connectivity index (χ0n) is 12.4. The molecule has 0 fully saturated rings. The van der Waals surface area contributed by atoms with Crippen molar-refractivity contribution in [2.45, 2.75) is 52.4 Å². The van der Waals surface area contributed by atoms with Gasteiger partial charge in [-0.2, -0.15) is 5.06 Å². The summed E-state index contributed by atoms with van der Waals surface area (Å²) in [6.45, 7) is 3.69. The van der Waals surface area contributed by atoms with Crippen LogP contribution in [0.4, 0.5) is 0 Å². The van der Waals surface area contributed by atoms with E-state index in [1.54, 1.807) is 0 Å². The summed E-state index contributed by atoms with van der Waals surface area (Å²) in [5.41, 5.74) is 0. The molecule has 0 atom stereocenters. The monoisotopic (exact) mass is 285 g/mol. The highest BCUT2D eigenvalue weighted by Gasteiger charge is 2.14. The average Bonchev–Trinajstić information content (AvgIpc) is 2.40. The molecule has 0 saturated heterocycles. The van der Waals surface area contributed by atoms with E-state index < -0.39 is 11.9 Å². The molecule has 6 nitrogen and oxygen atoms in total. The molecule has 0 spiro atoms. The van der Waals surface area contributed by atoms with Crippen LogP contribution >= 0.6 is 0 Å². The van der Waals surface area contributed by atoms with Crippen LogP contribution in [0, 0.1) is 5.92 Å². The highest BCUT2D eigenvalue weighted by Crippen LogP contribution is 2.07. The predicted molar refractivity (Wildman–Crippen MR) is 72.5 cm³/mol. The number of nitrogens with zero attached hydrogens (tertiary/aromatic N) is 1. The second kappa shape index (κ2) is 10.1. The topological polar surface area (TPSA) is 80.8 Å². The molecular formula is C14H23NO5. The van der Waals surface area contributed by atoms with Crippen LogP contribution in [0.3, 0.4) is 0 Å². The van der Waals surface area contributed by atoms with Gasteiger partial charge in [-0.1, -0.05) is 13.8 Å². The maximum Gasteiger partial charge on any atom is 0.332 e. The normalized spacial score (nSPS) is 10.2. The summed E-state index contributed by atoms with van der Waals surface area (Å²) in [6, 6.07) is 0. The lowest BCUT2D eigenvalue weighted by atomic mass is 10.0. The van der Waals surface area contributed by atoms with E-state index >= 15 is 0 Å². The quantitative estimate of drug-likeness (QED) is 0.365. The van der Waals surface area contributed by atoms with Gasteiger partial charge in [-0.05, 0) is 12.8 Å². The number of amides is 1. The Hall–Kier alpha value is -1.72. The second-order valence-electron chi connectivity index (χ2n) is 4.89. The number of ketones is 1. The molecule has 0 aliphatic heterocycles. The molecule has 0 heterocycles. The Bertz CT molecular complexity index is 351. The summed E-state index contributed by atoms with van der Waals surface area (Å²) in [5, 5.41) is 0.852. The standard InChI is InChI=1S/C14H23NO5/c1-11(2)12(17)7-4-5-9-14(19)20-15(3)13(18)8-6-10-16/h10-11H,4-9H2,1-3H3. The molecule has 0 aromatic heterocycles. The lowest BCUT2D eigenvalue weighted by Crippen LogP contribution is -2.29. The summed E-state index contributed by atoms with van der Waals surface area (Å²) in [7, 11) is 1.34. The van der Waals surface area contributed by atoms with E-state index in [2.05, 4.69) is 0 Å². The Balaban J connectivity index is 3.80. The van der Waals surface area contributed by atoms with Crippen LogP contribution in [0.25, 0.3) is 0 Å². The molecule has 6 heteroatoms. The van der Waals surface area contributed by atoms with Crippen molar-refractivity contribution in [2.24, 2.45) is 5.92 Å². The molecule has 0 aliphatic carbocycles. The van der Waals surface area contributed by atoms with E-state index in [4.69, 9.17) is 4.84 Å². The third kappa shape index (κ3) is 8.39. The number of carbonyl (C=O) groups is 4. The highest BCUT2D eigenvalue weighted by atomic mass is 16.7.